The zero-order valence-corrected chi connectivity index (χ0v) is 8.52. The summed E-state index contributed by atoms with van der Waals surface area (Å²) in [6, 6.07) is 7.81. The summed E-state index contributed by atoms with van der Waals surface area (Å²) in [5.74, 6) is 0. The lowest BCUT2D eigenvalue weighted by Gasteiger charge is -2.04. The molecule has 0 saturated heterocycles. The van der Waals surface area contributed by atoms with E-state index in [1.807, 2.05) is 36.5 Å². The van der Waals surface area contributed by atoms with Crippen molar-refractivity contribution in [3.05, 3.63) is 48.7 Å². The molecule has 2 heteroatoms. The van der Waals surface area contributed by atoms with Crippen molar-refractivity contribution in [2.75, 3.05) is 0 Å². The number of carbonyl (C=O) groups is 1. The molecular formula is C13H13NO. The van der Waals surface area contributed by atoms with Gasteiger partial charge in [0.25, 0.3) is 0 Å². The maximum atomic E-state index is 10.9. The van der Waals surface area contributed by atoms with Crippen LogP contribution < -0.4 is 0 Å². The number of nitrogens with zero attached hydrogens (tertiary/aromatic N) is 1. The van der Waals surface area contributed by atoms with Gasteiger partial charge < -0.3 is 4.57 Å². The van der Waals surface area contributed by atoms with E-state index in [2.05, 4.69) is 11.1 Å². The lowest BCUT2D eigenvalue weighted by Crippen LogP contribution is -1.97. The van der Waals surface area contributed by atoms with E-state index in [9.17, 15) is 4.79 Å². The highest BCUT2D eigenvalue weighted by molar-refractivity contribution is 5.96. The smallest absolute Gasteiger partial charge is 0.152 e. The van der Waals surface area contributed by atoms with Crippen LogP contribution in [0.15, 0.2) is 43.1 Å². The van der Waals surface area contributed by atoms with Gasteiger partial charge in [0.05, 0.1) is 5.52 Å². The Morgan fingerprint density at radius 3 is 2.93 bits per heavy atom. The van der Waals surface area contributed by atoms with Gasteiger partial charge >= 0.3 is 0 Å². The molecule has 1 aromatic heterocycles. The Morgan fingerprint density at radius 2 is 2.20 bits per heavy atom. The van der Waals surface area contributed by atoms with Gasteiger partial charge in [0.15, 0.2) is 6.29 Å². The first kappa shape index (κ1) is 9.71. The summed E-state index contributed by atoms with van der Waals surface area (Å²) in [5.41, 5.74) is 1.77. The molecule has 0 amide bonds. The number of carbonyl (C=O) groups excluding carboxylic acids is 1. The van der Waals surface area contributed by atoms with Crippen LogP contribution in [0, 0.1) is 0 Å². The average molecular weight is 199 g/mol. The van der Waals surface area contributed by atoms with Crippen LogP contribution in [0.3, 0.4) is 0 Å². The molecule has 1 aromatic carbocycles. The van der Waals surface area contributed by atoms with Crippen LogP contribution in [0.4, 0.5) is 0 Å². The monoisotopic (exact) mass is 199 g/mol. The van der Waals surface area contributed by atoms with Crippen molar-refractivity contribution in [2.45, 2.75) is 13.0 Å². The van der Waals surface area contributed by atoms with Gasteiger partial charge in [-0.3, -0.25) is 4.79 Å². The van der Waals surface area contributed by atoms with E-state index in [4.69, 9.17) is 0 Å². The van der Waals surface area contributed by atoms with E-state index in [1.165, 1.54) is 0 Å². The minimum Gasteiger partial charge on any atom is -0.347 e. The summed E-state index contributed by atoms with van der Waals surface area (Å²) in [6.07, 6.45) is 5.72. The normalized spacial score (nSPS) is 10.4. The highest BCUT2D eigenvalue weighted by atomic mass is 16.1. The van der Waals surface area contributed by atoms with Gasteiger partial charge in [0.2, 0.25) is 0 Å². The Labute approximate surface area is 88.8 Å². The Bertz CT molecular complexity index is 496. The van der Waals surface area contributed by atoms with E-state index in [1.54, 1.807) is 0 Å². The van der Waals surface area contributed by atoms with Crippen molar-refractivity contribution < 1.29 is 4.79 Å². The van der Waals surface area contributed by atoms with Crippen LogP contribution in [0.1, 0.15) is 16.8 Å². The standard InChI is InChI=1S/C13H13NO/c1-2-3-8-14-9-7-11-5-4-6-12(10-15)13(11)14/h2,4-7,9-10H,1,3,8H2. The molecule has 0 aliphatic heterocycles. The molecule has 0 radical (unpaired) electrons. The Kier molecular flexibility index (Phi) is 2.68. The predicted molar refractivity (Wildman–Crippen MR) is 62.1 cm³/mol. The van der Waals surface area contributed by atoms with Crippen LogP contribution in [0.5, 0.6) is 0 Å². The van der Waals surface area contributed by atoms with Crippen molar-refractivity contribution >= 4 is 17.2 Å². The predicted octanol–water partition coefficient (Wildman–Crippen LogP) is 3.03. The van der Waals surface area contributed by atoms with E-state index < -0.39 is 0 Å². The third-order valence-electron chi connectivity index (χ3n) is 2.52. The van der Waals surface area contributed by atoms with Gasteiger partial charge in [0, 0.05) is 23.7 Å². The number of hydrogen-bond donors (Lipinski definition) is 0. The first-order valence-corrected chi connectivity index (χ1v) is 5.00. The largest absolute Gasteiger partial charge is 0.347 e. The number of fused-ring (bicyclic) bond motifs is 1. The van der Waals surface area contributed by atoms with Crippen LogP contribution in [0.25, 0.3) is 10.9 Å². The molecule has 0 unspecified atom stereocenters. The van der Waals surface area contributed by atoms with Crippen molar-refractivity contribution in [1.82, 2.24) is 4.57 Å². The fraction of sp³-hybridized carbons (Fsp3) is 0.154. The molecule has 15 heavy (non-hydrogen) atoms. The van der Waals surface area contributed by atoms with Crippen molar-refractivity contribution in [3.8, 4) is 0 Å². The summed E-state index contributed by atoms with van der Waals surface area (Å²) in [7, 11) is 0. The molecular weight excluding hydrogens is 186 g/mol. The first-order chi connectivity index (χ1) is 7.36. The van der Waals surface area contributed by atoms with E-state index in [0.29, 0.717) is 0 Å². The van der Waals surface area contributed by atoms with Crippen LogP contribution in [-0.2, 0) is 6.54 Å². The summed E-state index contributed by atoms with van der Waals surface area (Å²) in [4.78, 5) is 10.9. The van der Waals surface area contributed by atoms with Gasteiger partial charge in [0.1, 0.15) is 0 Å². The minimum absolute atomic E-state index is 0.751. The SMILES string of the molecule is C=CCCn1ccc2cccc(C=O)c21. The van der Waals surface area contributed by atoms with E-state index >= 15 is 0 Å². The quantitative estimate of drug-likeness (QED) is 0.548. The first-order valence-electron chi connectivity index (χ1n) is 5.00. The number of aromatic nitrogens is 1. The number of para-hydroxylation sites is 1. The molecule has 0 aliphatic carbocycles. The molecule has 2 aromatic rings. The molecule has 0 atom stereocenters. The molecule has 0 spiro atoms. The second kappa shape index (κ2) is 4.13. The third-order valence-corrected chi connectivity index (χ3v) is 2.52. The minimum atomic E-state index is 0.751. The lowest BCUT2D eigenvalue weighted by molar-refractivity contribution is 0.112. The van der Waals surface area contributed by atoms with Crippen LogP contribution in [-0.4, -0.2) is 10.9 Å². The maximum absolute atomic E-state index is 10.9. The fourth-order valence-corrected chi connectivity index (χ4v) is 1.80. The summed E-state index contributed by atoms with van der Waals surface area (Å²) in [5, 5.41) is 1.11. The number of allylic oxidation sites excluding steroid dienone is 1. The van der Waals surface area contributed by atoms with Crippen molar-refractivity contribution in [3.63, 3.8) is 0 Å². The Balaban J connectivity index is 2.55. The number of benzene rings is 1. The molecule has 1 heterocycles. The zero-order valence-electron chi connectivity index (χ0n) is 8.52. The number of aryl methyl sites for hydroxylation is 1. The summed E-state index contributed by atoms with van der Waals surface area (Å²) in [6.45, 7) is 4.57. The highest BCUT2D eigenvalue weighted by Crippen LogP contribution is 2.19. The van der Waals surface area contributed by atoms with Crippen LogP contribution in [0.2, 0.25) is 0 Å². The van der Waals surface area contributed by atoms with Gasteiger partial charge in [-0.25, -0.2) is 0 Å². The number of aldehydes is 1. The summed E-state index contributed by atoms with van der Waals surface area (Å²) >= 11 is 0. The molecule has 2 nitrogen and oxygen atoms in total. The molecule has 0 aliphatic rings. The van der Waals surface area contributed by atoms with Gasteiger partial charge in [-0.2, -0.15) is 0 Å². The lowest BCUT2D eigenvalue weighted by atomic mass is 10.1. The Morgan fingerprint density at radius 1 is 1.33 bits per heavy atom. The van der Waals surface area contributed by atoms with Gasteiger partial charge in [-0.1, -0.05) is 18.2 Å². The van der Waals surface area contributed by atoms with E-state index in [0.717, 1.165) is 35.7 Å². The van der Waals surface area contributed by atoms with Gasteiger partial charge in [-0.15, -0.1) is 6.58 Å². The van der Waals surface area contributed by atoms with Crippen LogP contribution >= 0.6 is 0 Å². The summed E-state index contributed by atoms with van der Waals surface area (Å²) < 4.78 is 2.10. The maximum Gasteiger partial charge on any atom is 0.152 e. The second-order valence-corrected chi connectivity index (χ2v) is 3.49. The molecule has 0 bridgehead atoms. The molecule has 0 fully saturated rings. The Hall–Kier alpha value is -1.83. The number of rotatable bonds is 4. The van der Waals surface area contributed by atoms with Gasteiger partial charge in [-0.05, 0) is 18.6 Å². The third kappa shape index (κ3) is 1.71. The fourth-order valence-electron chi connectivity index (χ4n) is 1.80. The van der Waals surface area contributed by atoms with E-state index in [-0.39, 0.29) is 0 Å². The second-order valence-electron chi connectivity index (χ2n) is 3.49. The highest BCUT2D eigenvalue weighted by Gasteiger charge is 2.04. The van der Waals surface area contributed by atoms with Crippen molar-refractivity contribution in [2.24, 2.45) is 0 Å². The van der Waals surface area contributed by atoms with Crippen molar-refractivity contribution in [1.29, 1.82) is 0 Å². The average Bonchev–Trinajstić information content (AvgIpc) is 2.69. The molecule has 2 rings (SSSR count). The zero-order chi connectivity index (χ0) is 10.7. The molecule has 0 N–H and O–H groups in total. The molecule has 76 valence electrons. The topological polar surface area (TPSA) is 22.0 Å². The number of hydrogen-bond acceptors (Lipinski definition) is 1. The molecule has 0 saturated carbocycles.